The van der Waals surface area contributed by atoms with E-state index >= 15 is 0 Å². The molecule has 0 fully saturated rings. The lowest BCUT2D eigenvalue weighted by Crippen LogP contribution is -2.32. The predicted molar refractivity (Wildman–Crippen MR) is 88.6 cm³/mol. The lowest BCUT2D eigenvalue weighted by Gasteiger charge is -2.25. The maximum atomic E-state index is 11.9. The average molecular weight is 346 g/mol. The van der Waals surface area contributed by atoms with Crippen LogP contribution in [0, 0.1) is 0 Å². The normalized spacial score (nSPS) is 14.7. The molecular formula is C17H30O7. The van der Waals surface area contributed by atoms with Crippen LogP contribution in [0.25, 0.3) is 0 Å². The van der Waals surface area contributed by atoms with Crippen LogP contribution in [0.1, 0.15) is 55.4 Å². The van der Waals surface area contributed by atoms with Gasteiger partial charge in [0, 0.05) is 0 Å². The monoisotopic (exact) mass is 346 g/mol. The van der Waals surface area contributed by atoms with E-state index in [1.54, 1.807) is 55.4 Å². The highest BCUT2D eigenvalue weighted by atomic mass is 17.2. The van der Waals surface area contributed by atoms with Crippen molar-refractivity contribution in [2.24, 2.45) is 0 Å². The molecule has 0 rings (SSSR count). The molecule has 0 aromatic carbocycles. The third kappa shape index (κ3) is 11.2. The van der Waals surface area contributed by atoms with Gasteiger partial charge in [0.05, 0.1) is 11.2 Å². The van der Waals surface area contributed by atoms with Gasteiger partial charge >= 0.3 is 6.16 Å². The van der Waals surface area contributed by atoms with E-state index in [1.165, 1.54) is 0 Å². The first-order valence-corrected chi connectivity index (χ1v) is 7.58. The van der Waals surface area contributed by atoms with Crippen LogP contribution in [0.2, 0.25) is 0 Å². The van der Waals surface area contributed by atoms with Crippen LogP contribution in [0.3, 0.4) is 0 Å². The molecule has 0 aromatic rings. The van der Waals surface area contributed by atoms with Crippen LogP contribution in [0.5, 0.6) is 0 Å². The molecular weight excluding hydrogens is 316 g/mol. The minimum Gasteiger partial charge on any atom is -0.397 e. The standard InChI is InChI=1S/C17H30O7/c1-11(2)13(21-23-16(5,6)7)19-15(18)20-14(12(3)4)22-24-17(8,9)10/h13-14H,1,3H2,2,4-10H3. The second kappa shape index (κ2) is 9.17. The molecule has 0 radical (unpaired) electrons. The van der Waals surface area contributed by atoms with Crippen molar-refractivity contribution in [3.8, 4) is 0 Å². The van der Waals surface area contributed by atoms with Gasteiger partial charge in [-0.3, -0.25) is 0 Å². The summed E-state index contributed by atoms with van der Waals surface area (Å²) < 4.78 is 10.1. The molecule has 0 aromatic heterocycles. The second-order valence-electron chi connectivity index (χ2n) is 7.43. The molecule has 2 atom stereocenters. The van der Waals surface area contributed by atoms with Gasteiger partial charge in [-0.15, -0.1) is 0 Å². The van der Waals surface area contributed by atoms with Gasteiger partial charge in [0.15, 0.2) is 0 Å². The fourth-order valence-electron chi connectivity index (χ4n) is 0.983. The van der Waals surface area contributed by atoms with Crippen LogP contribution in [0.4, 0.5) is 4.79 Å². The summed E-state index contributed by atoms with van der Waals surface area (Å²) in [5, 5.41) is 0. The summed E-state index contributed by atoms with van der Waals surface area (Å²) in [5.74, 6) is 0. The molecule has 0 spiro atoms. The molecule has 0 saturated carbocycles. The SMILES string of the molecule is C=C(C)C(OOC(C)(C)C)OC(=O)OC(OOC(C)(C)C)C(=C)C. The summed E-state index contributed by atoms with van der Waals surface area (Å²) >= 11 is 0. The molecule has 0 amide bonds. The third-order valence-corrected chi connectivity index (χ3v) is 1.98. The first-order chi connectivity index (χ1) is 10.7. The van der Waals surface area contributed by atoms with Gasteiger partial charge in [0.2, 0.25) is 0 Å². The Bertz CT molecular complexity index is 403. The Balaban J connectivity index is 4.67. The summed E-state index contributed by atoms with van der Waals surface area (Å²) in [6, 6.07) is 0. The summed E-state index contributed by atoms with van der Waals surface area (Å²) in [6.07, 6.45) is -3.27. The molecule has 0 aliphatic carbocycles. The molecule has 2 unspecified atom stereocenters. The minimum absolute atomic E-state index is 0.426. The molecule has 0 aliphatic rings. The molecule has 0 N–H and O–H groups in total. The van der Waals surface area contributed by atoms with E-state index in [2.05, 4.69) is 13.2 Å². The molecule has 0 saturated heterocycles. The molecule has 0 bridgehead atoms. The number of carbonyl (C=O) groups is 1. The molecule has 24 heavy (non-hydrogen) atoms. The average Bonchev–Trinajstić information content (AvgIpc) is 2.36. The topological polar surface area (TPSA) is 72.5 Å². The van der Waals surface area contributed by atoms with Crippen molar-refractivity contribution < 1.29 is 33.8 Å². The highest BCUT2D eigenvalue weighted by molar-refractivity contribution is 5.60. The first-order valence-electron chi connectivity index (χ1n) is 7.58. The summed E-state index contributed by atoms with van der Waals surface area (Å²) in [4.78, 5) is 32.3. The Kier molecular flexibility index (Phi) is 8.63. The number of hydrogen-bond acceptors (Lipinski definition) is 7. The van der Waals surface area contributed by atoms with Crippen molar-refractivity contribution in [1.29, 1.82) is 0 Å². The van der Waals surface area contributed by atoms with Crippen LogP contribution in [-0.4, -0.2) is 29.9 Å². The molecule has 140 valence electrons. The summed E-state index contributed by atoms with van der Waals surface area (Å²) in [6.45, 7) is 21.3. The number of ether oxygens (including phenoxy) is 2. The van der Waals surface area contributed by atoms with E-state index in [1.807, 2.05) is 0 Å². The summed E-state index contributed by atoms with van der Waals surface area (Å²) in [7, 11) is 0. The lowest BCUT2D eigenvalue weighted by atomic mass is 10.2. The largest absolute Gasteiger partial charge is 0.513 e. The Morgan fingerprint density at radius 3 is 1.25 bits per heavy atom. The van der Waals surface area contributed by atoms with E-state index in [0.29, 0.717) is 11.1 Å². The van der Waals surface area contributed by atoms with Crippen molar-refractivity contribution in [3.05, 3.63) is 24.3 Å². The van der Waals surface area contributed by atoms with Gasteiger partial charge in [-0.2, -0.15) is 9.78 Å². The quantitative estimate of drug-likeness (QED) is 0.211. The Hall–Kier alpha value is -1.41. The van der Waals surface area contributed by atoms with E-state index in [-0.39, 0.29) is 0 Å². The zero-order chi connectivity index (χ0) is 19.1. The van der Waals surface area contributed by atoms with Gasteiger partial charge in [0.1, 0.15) is 0 Å². The van der Waals surface area contributed by atoms with E-state index in [4.69, 9.17) is 29.0 Å². The van der Waals surface area contributed by atoms with Gasteiger partial charge in [0.25, 0.3) is 12.6 Å². The zero-order valence-corrected chi connectivity index (χ0v) is 15.9. The van der Waals surface area contributed by atoms with Crippen molar-refractivity contribution in [1.82, 2.24) is 0 Å². The van der Waals surface area contributed by atoms with Crippen LogP contribution in [0.15, 0.2) is 24.3 Å². The third-order valence-electron chi connectivity index (χ3n) is 1.98. The fraction of sp³-hybridized carbons (Fsp3) is 0.706. The number of carbonyl (C=O) groups excluding carboxylic acids is 1. The second-order valence-corrected chi connectivity index (χ2v) is 7.43. The smallest absolute Gasteiger partial charge is 0.397 e. The van der Waals surface area contributed by atoms with Gasteiger partial charge in [-0.1, -0.05) is 13.2 Å². The van der Waals surface area contributed by atoms with E-state index in [9.17, 15) is 4.79 Å². The van der Waals surface area contributed by atoms with Crippen molar-refractivity contribution >= 4 is 6.16 Å². The van der Waals surface area contributed by atoms with E-state index in [0.717, 1.165) is 0 Å². The Morgan fingerprint density at radius 1 is 0.750 bits per heavy atom. The Morgan fingerprint density at radius 2 is 1.04 bits per heavy atom. The van der Waals surface area contributed by atoms with Crippen molar-refractivity contribution in [2.45, 2.75) is 79.2 Å². The highest BCUT2D eigenvalue weighted by Crippen LogP contribution is 2.17. The minimum atomic E-state index is -1.12. The van der Waals surface area contributed by atoms with Crippen molar-refractivity contribution in [3.63, 3.8) is 0 Å². The number of rotatable bonds is 8. The number of hydrogen-bond donors (Lipinski definition) is 0. The summed E-state index contributed by atoms with van der Waals surface area (Å²) in [5.41, 5.74) is -0.305. The predicted octanol–water partition coefficient (Wildman–Crippen LogP) is 4.44. The zero-order valence-electron chi connectivity index (χ0n) is 15.9. The van der Waals surface area contributed by atoms with Gasteiger partial charge in [-0.05, 0) is 66.5 Å². The van der Waals surface area contributed by atoms with Crippen LogP contribution in [-0.2, 0) is 29.0 Å². The molecule has 0 heterocycles. The van der Waals surface area contributed by atoms with Gasteiger partial charge < -0.3 is 9.47 Å². The highest BCUT2D eigenvalue weighted by Gasteiger charge is 2.26. The molecule has 7 nitrogen and oxygen atoms in total. The lowest BCUT2D eigenvalue weighted by molar-refractivity contribution is -0.411. The van der Waals surface area contributed by atoms with E-state index < -0.39 is 29.9 Å². The van der Waals surface area contributed by atoms with Crippen molar-refractivity contribution in [2.75, 3.05) is 0 Å². The maximum absolute atomic E-state index is 11.9. The van der Waals surface area contributed by atoms with Crippen LogP contribution < -0.4 is 0 Å². The van der Waals surface area contributed by atoms with Gasteiger partial charge in [-0.25, -0.2) is 14.6 Å². The first kappa shape index (κ1) is 22.6. The molecule has 7 heteroatoms. The van der Waals surface area contributed by atoms with Crippen LogP contribution >= 0.6 is 0 Å². The fourth-order valence-corrected chi connectivity index (χ4v) is 0.983. The molecule has 0 aliphatic heterocycles. The Labute approximate surface area is 144 Å². The maximum Gasteiger partial charge on any atom is 0.513 e.